The van der Waals surface area contributed by atoms with Crippen molar-refractivity contribution in [2.24, 2.45) is 0 Å². The minimum Gasteiger partial charge on any atom is -0.308 e. The third kappa shape index (κ3) is 3.74. The van der Waals surface area contributed by atoms with Crippen LogP contribution in [-0.2, 0) is 0 Å². The van der Waals surface area contributed by atoms with Crippen LogP contribution in [0.3, 0.4) is 0 Å². The van der Waals surface area contributed by atoms with Gasteiger partial charge in [-0.3, -0.25) is 0 Å². The van der Waals surface area contributed by atoms with E-state index >= 15 is 0 Å². The lowest BCUT2D eigenvalue weighted by Crippen LogP contribution is -2.29. The molecule has 1 aromatic heterocycles. The lowest BCUT2D eigenvalue weighted by molar-refractivity contribution is 0.382. The standard InChI is InChI=1S/C10H19N3S/c1-4-9(10-12-6-8-14-10)11-5-7-13(2)3/h6,8-9,11H,4-5,7H2,1-3H3. The molecule has 0 fully saturated rings. The largest absolute Gasteiger partial charge is 0.308 e. The van der Waals surface area contributed by atoms with Crippen LogP contribution in [0.2, 0.25) is 0 Å². The topological polar surface area (TPSA) is 28.2 Å². The molecule has 0 amide bonds. The predicted molar refractivity (Wildman–Crippen MR) is 61.7 cm³/mol. The Morgan fingerprint density at radius 2 is 2.36 bits per heavy atom. The fraction of sp³-hybridized carbons (Fsp3) is 0.700. The molecule has 0 saturated heterocycles. The van der Waals surface area contributed by atoms with E-state index in [4.69, 9.17) is 0 Å². The number of likely N-dealkylation sites (N-methyl/N-ethyl adjacent to an activating group) is 1. The molecule has 1 N–H and O–H groups in total. The van der Waals surface area contributed by atoms with E-state index in [9.17, 15) is 0 Å². The Balaban J connectivity index is 2.33. The van der Waals surface area contributed by atoms with E-state index < -0.39 is 0 Å². The van der Waals surface area contributed by atoms with Gasteiger partial charge in [0.05, 0.1) is 6.04 Å². The second-order valence-electron chi connectivity index (χ2n) is 3.59. The number of nitrogens with zero attached hydrogens (tertiary/aromatic N) is 2. The first-order valence-corrected chi connectivity index (χ1v) is 5.89. The predicted octanol–water partition coefficient (Wildman–Crippen LogP) is 1.75. The van der Waals surface area contributed by atoms with Gasteiger partial charge in [-0.2, -0.15) is 0 Å². The van der Waals surface area contributed by atoms with Gasteiger partial charge < -0.3 is 10.2 Å². The average molecular weight is 213 g/mol. The highest BCUT2D eigenvalue weighted by molar-refractivity contribution is 7.09. The van der Waals surface area contributed by atoms with E-state index in [0.29, 0.717) is 6.04 Å². The maximum Gasteiger partial charge on any atom is 0.109 e. The van der Waals surface area contributed by atoms with Crippen LogP contribution < -0.4 is 5.32 Å². The monoisotopic (exact) mass is 213 g/mol. The Hall–Kier alpha value is -0.450. The molecule has 0 spiro atoms. The molecule has 0 aromatic carbocycles. The summed E-state index contributed by atoms with van der Waals surface area (Å²) in [5, 5.41) is 6.74. The molecule has 1 rings (SSSR count). The highest BCUT2D eigenvalue weighted by Crippen LogP contribution is 2.18. The fourth-order valence-corrected chi connectivity index (χ4v) is 2.07. The molecule has 1 atom stereocenters. The van der Waals surface area contributed by atoms with Crippen LogP contribution >= 0.6 is 11.3 Å². The van der Waals surface area contributed by atoms with Gasteiger partial charge in [-0.1, -0.05) is 6.92 Å². The van der Waals surface area contributed by atoms with Crippen molar-refractivity contribution in [2.45, 2.75) is 19.4 Å². The van der Waals surface area contributed by atoms with E-state index in [2.05, 4.69) is 36.2 Å². The normalized spacial score (nSPS) is 13.4. The van der Waals surface area contributed by atoms with Crippen LogP contribution in [0.25, 0.3) is 0 Å². The van der Waals surface area contributed by atoms with Crippen molar-refractivity contribution in [1.82, 2.24) is 15.2 Å². The fourth-order valence-electron chi connectivity index (χ4n) is 1.28. The van der Waals surface area contributed by atoms with E-state index in [1.807, 2.05) is 11.6 Å². The third-order valence-corrected chi connectivity index (χ3v) is 3.00. The highest BCUT2D eigenvalue weighted by atomic mass is 32.1. The lowest BCUT2D eigenvalue weighted by Gasteiger charge is -2.16. The number of rotatable bonds is 6. The van der Waals surface area contributed by atoms with Crippen molar-refractivity contribution >= 4 is 11.3 Å². The van der Waals surface area contributed by atoms with E-state index in [0.717, 1.165) is 19.5 Å². The molecule has 80 valence electrons. The average Bonchev–Trinajstić information content (AvgIpc) is 2.64. The number of thiazole rings is 1. The zero-order chi connectivity index (χ0) is 10.4. The summed E-state index contributed by atoms with van der Waals surface area (Å²) in [7, 11) is 4.18. The maximum absolute atomic E-state index is 4.33. The third-order valence-electron chi connectivity index (χ3n) is 2.11. The van der Waals surface area contributed by atoms with Gasteiger partial charge in [0.2, 0.25) is 0 Å². The van der Waals surface area contributed by atoms with Crippen LogP contribution in [0, 0.1) is 0 Å². The SMILES string of the molecule is CCC(NCCN(C)C)c1nccs1. The Kier molecular flexibility index (Phi) is 5.07. The minimum atomic E-state index is 0.426. The first-order valence-electron chi connectivity index (χ1n) is 5.01. The zero-order valence-electron chi connectivity index (χ0n) is 9.16. The van der Waals surface area contributed by atoms with Gasteiger partial charge in [0.25, 0.3) is 0 Å². The summed E-state index contributed by atoms with van der Waals surface area (Å²) in [4.78, 5) is 6.51. The Morgan fingerprint density at radius 3 is 2.86 bits per heavy atom. The van der Waals surface area contributed by atoms with Crippen molar-refractivity contribution < 1.29 is 0 Å². The molecule has 4 heteroatoms. The Bertz CT molecular complexity index is 234. The molecule has 0 bridgehead atoms. The Labute approximate surface area is 90.2 Å². The lowest BCUT2D eigenvalue weighted by atomic mass is 10.2. The van der Waals surface area contributed by atoms with E-state index in [1.54, 1.807) is 11.3 Å². The summed E-state index contributed by atoms with van der Waals surface area (Å²) in [6.45, 7) is 4.28. The van der Waals surface area contributed by atoms with Gasteiger partial charge in [-0.25, -0.2) is 4.98 Å². The first-order chi connectivity index (χ1) is 6.74. The molecule has 1 unspecified atom stereocenters. The molecule has 0 radical (unpaired) electrons. The smallest absolute Gasteiger partial charge is 0.109 e. The summed E-state index contributed by atoms with van der Waals surface area (Å²) < 4.78 is 0. The number of hydrogen-bond donors (Lipinski definition) is 1. The van der Waals surface area contributed by atoms with Crippen molar-refractivity contribution in [3.63, 3.8) is 0 Å². The molecule has 0 aliphatic heterocycles. The second kappa shape index (κ2) is 6.11. The van der Waals surface area contributed by atoms with Gasteiger partial charge in [-0.05, 0) is 20.5 Å². The van der Waals surface area contributed by atoms with Crippen molar-refractivity contribution in [3.8, 4) is 0 Å². The molecule has 0 aliphatic carbocycles. The number of hydrogen-bond acceptors (Lipinski definition) is 4. The molecule has 0 saturated carbocycles. The number of nitrogens with one attached hydrogen (secondary N) is 1. The molecular weight excluding hydrogens is 194 g/mol. The molecule has 0 aliphatic rings. The summed E-state index contributed by atoms with van der Waals surface area (Å²) in [5.74, 6) is 0. The van der Waals surface area contributed by atoms with Crippen LogP contribution in [0.1, 0.15) is 24.4 Å². The van der Waals surface area contributed by atoms with Crippen molar-refractivity contribution in [1.29, 1.82) is 0 Å². The quantitative estimate of drug-likeness (QED) is 0.780. The molecule has 14 heavy (non-hydrogen) atoms. The van der Waals surface area contributed by atoms with Crippen molar-refractivity contribution in [3.05, 3.63) is 16.6 Å². The zero-order valence-corrected chi connectivity index (χ0v) is 9.97. The van der Waals surface area contributed by atoms with Gasteiger partial charge in [-0.15, -0.1) is 11.3 Å². The van der Waals surface area contributed by atoms with Crippen molar-refractivity contribution in [2.75, 3.05) is 27.2 Å². The molecule has 1 heterocycles. The van der Waals surface area contributed by atoms with Gasteiger partial charge in [0, 0.05) is 24.7 Å². The van der Waals surface area contributed by atoms with Crippen LogP contribution in [0.5, 0.6) is 0 Å². The molecule has 3 nitrogen and oxygen atoms in total. The molecular formula is C10H19N3S. The van der Waals surface area contributed by atoms with E-state index in [-0.39, 0.29) is 0 Å². The Morgan fingerprint density at radius 1 is 1.57 bits per heavy atom. The van der Waals surface area contributed by atoms with Gasteiger partial charge in [0.15, 0.2) is 0 Å². The summed E-state index contributed by atoms with van der Waals surface area (Å²) in [6.07, 6.45) is 2.97. The number of aromatic nitrogens is 1. The van der Waals surface area contributed by atoms with Crippen LogP contribution in [-0.4, -0.2) is 37.1 Å². The summed E-state index contributed by atoms with van der Waals surface area (Å²) in [5.41, 5.74) is 0. The van der Waals surface area contributed by atoms with Gasteiger partial charge in [0.1, 0.15) is 5.01 Å². The summed E-state index contributed by atoms with van der Waals surface area (Å²) >= 11 is 1.73. The van der Waals surface area contributed by atoms with Crippen LogP contribution in [0.4, 0.5) is 0 Å². The second-order valence-corrected chi connectivity index (χ2v) is 4.51. The van der Waals surface area contributed by atoms with Gasteiger partial charge >= 0.3 is 0 Å². The highest BCUT2D eigenvalue weighted by Gasteiger charge is 2.10. The van der Waals surface area contributed by atoms with Crippen LogP contribution in [0.15, 0.2) is 11.6 Å². The maximum atomic E-state index is 4.33. The van der Waals surface area contributed by atoms with E-state index in [1.165, 1.54) is 5.01 Å². The first kappa shape index (κ1) is 11.6. The summed E-state index contributed by atoms with van der Waals surface area (Å²) in [6, 6.07) is 0.426. The molecule has 1 aromatic rings. The minimum absolute atomic E-state index is 0.426.